The Labute approximate surface area is 115 Å². The van der Waals surface area contributed by atoms with Gasteiger partial charge in [-0.3, -0.25) is 0 Å². The van der Waals surface area contributed by atoms with Gasteiger partial charge in [0.15, 0.2) is 0 Å². The lowest BCUT2D eigenvalue weighted by atomic mass is 9.93. The molecule has 1 aromatic rings. The Balaban J connectivity index is 1.87. The fourth-order valence-electron chi connectivity index (χ4n) is 3.35. The van der Waals surface area contributed by atoms with Gasteiger partial charge in [0, 0.05) is 12.1 Å². The number of para-hydroxylation sites is 1. The fourth-order valence-corrected chi connectivity index (χ4v) is 3.35. The fraction of sp³-hybridized carbons (Fsp3) is 0.625. The van der Waals surface area contributed by atoms with E-state index in [4.69, 9.17) is 4.74 Å². The minimum atomic E-state index is 0.321. The van der Waals surface area contributed by atoms with Crippen LogP contribution in [0.25, 0.3) is 0 Å². The van der Waals surface area contributed by atoms with Gasteiger partial charge >= 0.3 is 0 Å². The Kier molecular flexibility index (Phi) is 3.54. The molecule has 3 heteroatoms. The molecule has 1 spiro atoms. The van der Waals surface area contributed by atoms with Crippen molar-refractivity contribution in [2.75, 3.05) is 23.8 Å². The zero-order chi connectivity index (χ0) is 13.1. The first-order chi connectivity index (χ1) is 9.33. The molecule has 1 aliphatic carbocycles. The SMILES string of the molecule is CCCOc1cccc2c1NCCC1(CCCC1)N2. The van der Waals surface area contributed by atoms with Gasteiger partial charge in [-0.2, -0.15) is 0 Å². The molecule has 1 fully saturated rings. The molecule has 1 aromatic carbocycles. The number of benzene rings is 1. The van der Waals surface area contributed by atoms with E-state index in [1.54, 1.807) is 0 Å². The van der Waals surface area contributed by atoms with Gasteiger partial charge < -0.3 is 15.4 Å². The van der Waals surface area contributed by atoms with Crippen LogP contribution in [0.4, 0.5) is 11.4 Å². The summed E-state index contributed by atoms with van der Waals surface area (Å²) in [7, 11) is 0. The number of fused-ring (bicyclic) bond motifs is 1. The lowest BCUT2D eigenvalue weighted by Crippen LogP contribution is -2.35. The third kappa shape index (κ3) is 2.51. The Hall–Kier alpha value is -1.38. The van der Waals surface area contributed by atoms with E-state index in [0.29, 0.717) is 5.54 Å². The van der Waals surface area contributed by atoms with E-state index in [9.17, 15) is 0 Å². The highest BCUT2D eigenvalue weighted by molar-refractivity contribution is 5.77. The van der Waals surface area contributed by atoms with E-state index >= 15 is 0 Å². The van der Waals surface area contributed by atoms with Gasteiger partial charge in [-0.05, 0) is 37.8 Å². The van der Waals surface area contributed by atoms with Crippen LogP contribution in [0, 0.1) is 0 Å². The molecule has 19 heavy (non-hydrogen) atoms. The smallest absolute Gasteiger partial charge is 0.144 e. The third-order valence-electron chi connectivity index (χ3n) is 4.35. The summed E-state index contributed by atoms with van der Waals surface area (Å²) < 4.78 is 5.86. The first-order valence-electron chi connectivity index (χ1n) is 7.61. The van der Waals surface area contributed by atoms with Gasteiger partial charge in [-0.15, -0.1) is 0 Å². The average molecular weight is 260 g/mol. The summed E-state index contributed by atoms with van der Waals surface area (Å²) in [6, 6.07) is 6.33. The number of anilines is 2. The number of nitrogens with one attached hydrogen (secondary N) is 2. The first-order valence-corrected chi connectivity index (χ1v) is 7.61. The van der Waals surface area contributed by atoms with E-state index in [-0.39, 0.29) is 0 Å². The van der Waals surface area contributed by atoms with Gasteiger partial charge in [0.25, 0.3) is 0 Å². The second-order valence-corrected chi connectivity index (χ2v) is 5.82. The predicted octanol–water partition coefficient (Wildman–Crippen LogP) is 4.02. The predicted molar refractivity (Wildman–Crippen MR) is 80.2 cm³/mol. The van der Waals surface area contributed by atoms with Crippen LogP contribution in [-0.2, 0) is 0 Å². The molecule has 0 saturated heterocycles. The topological polar surface area (TPSA) is 33.3 Å². The lowest BCUT2D eigenvalue weighted by molar-refractivity contribution is 0.319. The van der Waals surface area contributed by atoms with Crippen LogP contribution in [0.15, 0.2) is 18.2 Å². The minimum Gasteiger partial charge on any atom is -0.491 e. The van der Waals surface area contributed by atoms with Crippen molar-refractivity contribution in [1.29, 1.82) is 0 Å². The molecular weight excluding hydrogens is 236 g/mol. The molecule has 0 radical (unpaired) electrons. The number of hydrogen-bond donors (Lipinski definition) is 2. The lowest BCUT2D eigenvalue weighted by Gasteiger charge is -2.29. The molecule has 3 nitrogen and oxygen atoms in total. The van der Waals surface area contributed by atoms with Crippen LogP contribution in [0.3, 0.4) is 0 Å². The number of ether oxygens (including phenoxy) is 1. The van der Waals surface area contributed by atoms with Gasteiger partial charge in [0.1, 0.15) is 11.4 Å². The molecule has 3 rings (SSSR count). The zero-order valence-electron chi connectivity index (χ0n) is 11.8. The Morgan fingerprint density at radius 3 is 2.84 bits per heavy atom. The maximum Gasteiger partial charge on any atom is 0.144 e. The highest BCUT2D eigenvalue weighted by Gasteiger charge is 2.35. The molecule has 0 atom stereocenters. The summed E-state index contributed by atoms with van der Waals surface area (Å²) >= 11 is 0. The van der Waals surface area contributed by atoms with Crippen molar-refractivity contribution in [2.45, 2.75) is 51.0 Å². The normalized spacial score (nSPS) is 20.3. The van der Waals surface area contributed by atoms with Crippen molar-refractivity contribution >= 4 is 11.4 Å². The van der Waals surface area contributed by atoms with Crippen molar-refractivity contribution < 1.29 is 4.74 Å². The van der Waals surface area contributed by atoms with Gasteiger partial charge in [0.05, 0.1) is 12.3 Å². The molecule has 104 valence electrons. The summed E-state index contributed by atoms with van der Waals surface area (Å²) in [6.45, 7) is 3.95. The molecule has 1 heterocycles. The Bertz CT molecular complexity index is 438. The molecule has 1 aliphatic heterocycles. The van der Waals surface area contributed by atoms with Crippen LogP contribution in [0.2, 0.25) is 0 Å². The standard InChI is InChI=1S/C16H24N2O/c1-2-12-19-14-7-5-6-13-15(14)17-11-10-16(18-13)8-3-4-9-16/h5-7,17-18H,2-4,8-12H2,1H3. The second kappa shape index (κ2) is 5.32. The first kappa shape index (κ1) is 12.6. The van der Waals surface area contributed by atoms with E-state index in [0.717, 1.165) is 31.0 Å². The van der Waals surface area contributed by atoms with E-state index in [2.05, 4.69) is 35.8 Å². The van der Waals surface area contributed by atoms with Crippen LogP contribution < -0.4 is 15.4 Å². The summed E-state index contributed by atoms with van der Waals surface area (Å²) in [5.74, 6) is 0.988. The zero-order valence-corrected chi connectivity index (χ0v) is 11.8. The molecule has 0 bridgehead atoms. The molecule has 0 aromatic heterocycles. The summed E-state index contributed by atoms with van der Waals surface area (Å²) in [4.78, 5) is 0. The van der Waals surface area contributed by atoms with Crippen molar-refractivity contribution in [3.63, 3.8) is 0 Å². The van der Waals surface area contributed by atoms with Crippen molar-refractivity contribution in [2.24, 2.45) is 0 Å². The molecule has 0 unspecified atom stereocenters. The van der Waals surface area contributed by atoms with Gasteiger partial charge in [0.2, 0.25) is 0 Å². The van der Waals surface area contributed by atoms with Gasteiger partial charge in [-0.1, -0.05) is 25.8 Å². The summed E-state index contributed by atoms with van der Waals surface area (Å²) in [5.41, 5.74) is 2.69. The van der Waals surface area contributed by atoms with Crippen LogP contribution in [0.1, 0.15) is 45.4 Å². The maximum atomic E-state index is 5.86. The van der Waals surface area contributed by atoms with Crippen molar-refractivity contribution in [3.8, 4) is 5.75 Å². The number of rotatable bonds is 3. The number of hydrogen-bond acceptors (Lipinski definition) is 3. The Morgan fingerprint density at radius 2 is 2.05 bits per heavy atom. The maximum absolute atomic E-state index is 5.86. The molecular formula is C16H24N2O. The van der Waals surface area contributed by atoms with Crippen LogP contribution in [0.5, 0.6) is 5.75 Å². The third-order valence-corrected chi connectivity index (χ3v) is 4.35. The largest absolute Gasteiger partial charge is 0.491 e. The monoisotopic (exact) mass is 260 g/mol. The molecule has 2 N–H and O–H groups in total. The van der Waals surface area contributed by atoms with Crippen molar-refractivity contribution in [1.82, 2.24) is 0 Å². The minimum absolute atomic E-state index is 0.321. The molecule has 1 saturated carbocycles. The van der Waals surface area contributed by atoms with Crippen LogP contribution in [-0.4, -0.2) is 18.7 Å². The highest BCUT2D eigenvalue weighted by Crippen LogP contribution is 2.42. The van der Waals surface area contributed by atoms with E-state index < -0.39 is 0 Å². The van der Waals surface area contributed by atoms with Gasteiger partial charge in [-0.25, -0.2) is 0 Å². The Morgan fingerprint density at radius 1 is 1.21 bits per heavy atom. The highest BCUT2D eigenvalue weighted by atomic mass is 16.5. The summed E-state index contributed by atoms with van der Waals surface area (Å²) in [6.07, 6.45) is 7.56. The second-order valence-electron chi connectivity index (χ2n) is 5.82. The van der Waals surface area contributed by atoms with Crippen LogP contribution >= 0.6 is 0 Å². The van der Waals surface area contributed by atoms with E-state index in [1.165, 1.54) is 37.8 Å². The molecule has 2 aliphatic rings. The quantitative estimate of drug-likeness (QED) is 0.861. The van der Waals surface area contributed by atoms with Crippen molar-refractivity contribution in [3.05, 3.63) is 18.2 Å². The van der Waals surface area contributed by atoms with E-state index in [1.807, 2.05) is 0 Å². The molecule has 0 amide bonds. The average Bonchev–Trinajstić information content (AvgIpc) is 2.78. The summed E-state index contributed by atoms with van der Waals surface area (Å²) in [5, 5.41) is 7.38.